The van der Waals surface area contributed by atoms with Crippen molar-refractivity contribution in [2.75, 3.05) is 56.2 Å². The Balaban J connectivity index is 1.63. The summed E-state index contributed by atoms with van der Waals surface area (Å²) in [7, 11) is 0.659. The zero-order valence-electron chi connectivity index (χ0n) is 20.7. The van der Waals surface area contributed by atoms with Gasteiger partial charge in [-0.25, -0.2) is 9.37 Å². The van der Waals surface area contributed by atoms with Crippen molar-refractivity contribution < 1.29 is 18.4 Å². The molecule has 1 aliphatic rings. The van der Waals surface area contributed by atoms with Gasteiger partial charge in [-0.1, -0.05) is 23.7 Å². The van der Waals surface area contributed by atoms with Crippen LogP contribution in [0.25, 0.3) is 0 Å². The molecule has 2 aromatic carbocycles. The fourth-order valence-electron chi connectivity index (χ4n) is 4.27. The Bertz CT molecular complexity index is 1280. The van der Waals surface area contributed by atoms with E-state index in [1.165, 1.54) is 19.4 Å². The number of hydrogen-bond donors (Lipinski definition) is 2. The van der Waals surface area contributed by atoms with Crippen LogP contribution in [0.2, 0.25) is 5.02 Å². The van der Waals surface area contributed by atoms with Gasteiger partial charge in [0.15, 0.2) is 11.6 Å². The van der Waals surface area contributed by atoms with E-state index in [0.717, 1.165) is 12.8 Å². The van der Waals surface area contributed by atoms with Gasteiger partial charge in [0, 0.05) is 25.5 Å². The number of hydrogen-bond acceptors (Lipinski definition) is 8. The minimum absolute atomic E-state index is 0.171. The minimum Gasteiger partial charge on any atom is -0.492 e. The summed E-state index contributed by atoms with van der Waals surface area (Å²) in [5.74, 6) is 0.581. The highest BCUT2D eigenvalue weighted by Crippen LogP contribution is 2.41. The Kier molecular flexibility index (Phi) is 8.03. The van der Waals surface area contributed by atoms with Crippen LogP contribution < -0.4 is 25.6 Å². The van der Waals surface area contributed by atoms with Crippen LogP contribution in [0.1, 0.15) is 12.8 Å². The van der Waals surface area contributed by atoms with Crippen molar-refractivity contribution >= 4 is 52.9 Å². The van der Waals surface area contributed by atoms with Gasteiger partial charge in [-0.15, -0.1) is 0 Å². The number of rotatable bonds is 8. The van der Waals surface area contributed by atoms with Crippen LogP contribution in [0.15, 0.2) is 42.6 Å². The van der Waals surface area contributed by atoms with Gasteiger partial charge in [0.05, 0.1) is 30.8 Å². The lowest BCUT2D eigenvalue weighted by Gasteiger charge is -2.34. The first-order chi connectivity index (χ1) is 17.2. The van der Waals surface area contributed by atoms with E-state index < -0.39 is 7.14 Å². The zero-order chi connectivity index (χ0) is 25.9. The maximum atomic E-state index is 15.0. The average Bonchev–Trinajstić information content (AvgIpc) is 2.86. The smallest absolute Gasteiger partial charge is 0.229 e. The molecule has 0 saturated carbocycles. The highest BCUT2D eigenvalue weighted by Gasteiger charge is 2.26. The van der Waals surface area contributed by atoms with Crippen LogP contribution >= 0.6 is 18.7 Å². The number of anilines is 5. The van der Waals surface area contributed by atoms with Gasteiger partial charge in [-0.05, 0) is 50.4 Å². The summed E-state index contributed by atoms with van der Waals surface area (Å²) in [4.78, 5) is 10.8. The lowest BCUT2D eigenvalue weighted by atomic mass is 10.1. The van der Waals surface area contributed by atoms with E-state index in [2.05, 4.69) is 20.6 Å². The molecule has 1 saturated heterocycles. The molecule has 11 heteroatoms. The highest BCUT2D eigenvalue weighted by molar-refractivity contribution is 7.70. The molecule has 0 aliphatic carbocycles. The third kappa shape index (κ3) is 5.75. The van der Waals surface area contributed by atoms with Crippen LogP contribution in [0, 0.1) is 5.82 Å². The number of halogens is 2. The Morgan fingerprint density at radius 2 is 1.81 bits per heavy atom. The fraction of sp³-hybridized carbons (Fsp3) is 0.360. The molecule has 1 fully saturated rings. The van der Waals surface area contributed by atoms with Gasteiger partial charge < -0.3 is 29.6 Å². The second-order valence-corrected chi connectivity index (χ2v) is 12.5. The molecule has 0 amide bonds. The molecule has 2 N–H and O–H groups in total. The SMILES string of the molecule is COc1c(Nc2ncc(Cl)c(Nc3ccccc3P(C)(C)=O)n2)ccc(F)c1N1CCC(OC)CC1. The van der Waals surface area contributed by atoms with Crippen molar-refractivity contribution in [2.45, 2.75) is 18.9 Å². The summed E-state index contributed by atoms with van der Waals surface area (Å²) < 4.78 is 38.8. The van der Waals surface area contributed by atoms with E-state index in [1.54, 1.807) is 26.5 Å². The van der Waals surface area contributed by atoms with E-state index in [0.29, 0.717) is 52.0 Å². The molecule has 0 atom stereocenters. The summed E-state index contributed by atoms with van der Waals surface area (Å²) in [5.41, 5.74) is 1.56. The number of methoxy groups -OCH3 is 2. The van der Waals surface area contributed by atoms with Gasteiger partial charge in [0.25, 0.3) is 0 Å². The van der Waals surface area contributed by atoms with Gasteiger partial charge in [-0.2, -0.15) is 4.98 Å². The van der Waals surface area contributed by atoms with E-state index in [-0.39, 0.29) is 17.9 Å². The van der Waals surface area contributed by atoms with Crippen molar-refractivity contribution in [1.29, 1.82) is 0 Å². The van der Waals surface area contributed by atoms with Crippen molar-refractivity contribution in [3.8, 4) is 5.75 Å². The van der Waals surface area contributed by atoms with Gasteiger partial charge in [0.2, 0.25) is 5.95 Å². The van der Waals surface area contributed by atoms with E-state index in [4.69, 9.17) is 21.1 Å². The highest BCUT2D eigenvalue weighted by atomic mass is 35.5. The Labute approximate surface area is 215 Å². The molecule has 4 rings (SSSR count). The molecule has 0 spiro atoms. The molecule has 3 aromatic rings. The lowest BCUT2D eigenvalue weighted by molar-refractivity contribution is 0.0817. The third-order valence-electron chi connectivity index (χ3n) is 6.11. The number of benzene rings is 2. The standard InChI is InChI=1S/C25H30ClFN5O3P/c1-34-16-11-13-32(14-12-16)22-18(27)9-10-20(23(22)35-2)30-25-28-15-17(26)24(31-25)29-19-7-5-6-8-21(19)36(3,4)33/h5-10,15-16H,11-14H2,1-4H3,(H2,28,29,30,31). The monoisotopic (exact) mass is 533 g/mol. The van der Waals surface area contributed by atoms with Crippen molar-refractivity contribution in [2.24, 2.45) is 0 Å². The first-order valence-corrected chi connectivity index (χ1v) is 14.5. The summed E-state index contributed by atoms with van der Waals surface area (Å²) in [6.45, 7) is 4.72. The molecule has 1 aromatic heterocycles. The molecule has 1 aliphatic heterocycles. The predicted octanol–water partition coefficient (Wildman–Crippen LogP) is 5.63. The first kappa shape index (κ1) is 26.2. The number of ether oxygens (including phenoxy) is 2. The van der Waals surface area contributed by atoms with Crippen LogP contribution in [0.5, 0.6) is 5.75 Å². The summed E-state index contributed by atoms with van der Waals surface area (Å²) >= 11 is 6.37. The Morgan fingerprint density at radius 3 is 2.47 bits per heavy atom. The number of aromatic nitrogens is 2. The zero-order valence-corrected chi connectivity index (χ0v) is 22.4. The van der Waals surface area contributed by atoms with Crippen molar-refractivity contribution in [1.82, 2.24) is 9.97 Å². The number of piperidine rings is 1. The molecular weight excluding hydrogens is 504 g/mol. The minimum atomic E-state index is -2.54. The number of para-hydroxylation sites is 1. The third-order valence-corrected chi connectivity index (χ3v) is 7.93. The normalized spacial score (nSPS) is 14.6. The second kappa shape index (κ2) is 11.0. The quantitative estimate of drug-likeness (QED) is 0.360. The molecule has 8 nitrogen and oxygen atoms in total. The molecule has 2 heterocycles. The Hall–Kier alpha value is -2.87. The number of nitrogens with zero attached hydrogens (tertiary/aromatic N) is 3. The fourth-order valence-corrected chi connectivity index (χ4v) is 5.57. The molecule has 0 unspecified atom stereocenters. The van der Waals surface area contributed by atoms with E-state index in [9.17, 15) is 8.96 Å². The van der Waals surface area contributed by atoms with Crippen molar-refractivity contribution in [3.05, 3.63) is 53.4 Å². The van der Waals surface area contributed by atoms with Gasteiger partial charge in [0.1, 0.15) is 23.7 Å². The maximum absolute atomic E-state index is 15.0. The largest absolute Gasteiger partial charge is 0.492 e. The molecule has 192 valence electrons. The molecular formula is C25H30ClFN5O3P. The topological polar surface area (TPSA) is 88.6 Å². The lowest BCUT2D eigenvalue weighted by Crippen LogP contribution is -2.37. The van der Waals surface area contributed by atoms with Gasteiger partial charge in [-0.3, -0.25) is 0 Å². The van der Waals surface area contributed by atoms with Crippen LogP contribution in [0.3, 0.4) is 0 Å². The van der Waals surface area contributed by atoms with Crippen LogP contribution in [0.4, 0.5) is 33.2 Å². The maximum Gasteiger partial charge on any atom is 0.229 e. The van der Waals surface area contributed by atoms with Crippen LogP contribution in [-0.2, 0) is 9.30 Å². The van der Waals surface area contributed by atoms with Crippen LogP contribution in [-0.4, -0.2) is 56.7 Å². The molecule has 0 bridgehead atoms. The Morgan fingerprint density at radius 1 is 1.08 bits per heavy atom. The van der Waals surface area contributed by atoms with Crippen molar-refractivity contribution in [3.63, 3.8) is 0 Å². The number of nitrogens with one attached hydrogen (secondary N) is 2. The summed E-state index contributed by atoms with van der Waals surface area (Å²) in [5, 5.41) is 7.29. The van der Waals surface area contributed by atoms with E-state index >= 15 is 0 Å². The molecule has 0 radical (unpaired) electrons. The predicted molar refractivity (Wildman–Crippen MR) is 144 cm³/mol. The van der Waals surface area contributed by atoms with E-state index in [1.807, 2.05) is 29.2 Å². The summed E-state index contributed by atoms with van der Waals surface area (Å²) in [6.07, 6.45) is 3.24. The summed E-state index contributed by atoms with van der Waals surface area (Å²) in [6, 6.07) is 10.3. The van der Waals surface area contributed by atoms with Gasteiger partial charge >= 0.3 is 0 Å². The molecule has 36 heavy (non-hydrogen) atoms. The second-order valence-electron chi connectivity index (χ2n) is 8.91. The average molecular weight is 534 g/mol. The first-order valence-electron chi connectivity index (χ1n) is 11.6.